The van der Waals surface area contributed by atoms with Crippen molar-refractivity contribution >= 4 is 17.5 Å². The molecule has 2 aromatic rings. The molecule has 2 heterocycles. The maximum atomic E-state index is 12.7. The number of ketones is 1. The average Bonchev–Trinajstić information content (AvgIpc) is 3.30. The summed E-state index contributed by atoms with van der Waals surface area (Å²) >= 11 is 0. The number of hydrogen-bond acceptors (Lipinski definition) is 8. The zero-order chi connectivity index (χ0) is 26.0. The number of Topliss-reactive ketones (excluding diaryl/α,β-unsaturated/α-hetero) is 1. The number of carbonyl (C=O) groups is 2. The van der Waals surface area contributed by atoms with Crippen LogP contribution in [-0.4, -0.2) is 53.3 Å². The Balaban J connectivity index is 1.30. The quantitative estimate of drug-likeness (QED) is 0.467. The fourth-order valence-electron chi connectivity index (χ4n) is 6.17. The number of benzene rings is 1. The molecular formula is C28H38N6O3. The molecule has 0 radical (unpaired) electrons. The molecule has 0 bridgehead atoms. The number of ether oxygens (including phenoxy) is 1. The van der Waals surface area contributed by atoms with Gasteiger partial charge in [-0.2, -0.15) is 4.98 Å². The summed E-state index contributed by atoms with van der Waals surface area (Å²) in [5, 5.41) is 2.74. The third-order valence-electron chi connectivity index (χ3n) is 8.81. The summed E-state index contributed by atoms with van der Waals surface area (Å²) in [4.78, 5) is 36.6. The minimum atomic E-state index is -0.632. The van der Waals surface area contributed by atoms with E-state index in [0.717, 1.165) is 51.4 Å². The first-order valence-corrected chi connectivity index (χ1v) is 13.3. The normalized spacial score (nSPS) is 27.7. The molecular weight excluding hydrogens is 468 g/mol. The highest BCUT2D eigenvalue weighted by Crippen LogP contribution is 2.48. The van der Waals surface area contributed by atoms with Gasteiger partial charge in [0.25, 0.3) is 5.91 Å². The van der Waals surface area contributed by atoms with E-state index in [9.17, 15) is 9.59 Å². The summed E-state index contributed by atoms with van der Waals surface area (Å²) in [5.74, 6) is -0.130. The van der Waals surface area contributed by atoms with Gasteiger partial charge in [0, 0.05) is 17.5 Å². The topological polar surface area (TPSA) is 108 Å². The number of nitrogens with one attached hydrogen (secondary N) is 3. The maximum Gasteiger partial charge on any atom is 0.292 e. The van der Waals surface area contributed by atoms with Crippen molar-refractivity contribution in [1.82, 2.24) is 25.7 Å². The van der Waals surface area contributed by atoms with Crippen LogP contribution in [0.5, 0.6) is 5.88 Å². The van der Waals surface area contributed by atoms with Crippen LogP contribution in [0.25, 0.3) is 0 Å². The lowest BCUT2D eigenvalue weighted by molar-refractivity contribution is -0.135. The van der Waals surface area contributed by atoms with E-state index in [0.29, 0.717) is 23.9 Å². The van der Waals surface area contributed by atoms with Crippen molar-refractivity contribution in [3.8, 4) is 5.88 Å². The Labute approximate surface area is 218 Å². The number of rotatable bonds is 8. The number of hydrogen-bond donors (Lipinski definition) is 3. The second-order valence-electron chi connectivity index (χ2n) is 11.1. The lowest BCUT2D eigenvalue weighted by atomic mass is 9.67. The highest BCUT2D eigenvalue weighted by molar-refractivity contribution is 6.40. The molecule has 1 aromatic heterocycles. The molecule has 5 rings (SSSR count). The second-order valence-corrected chi connectivity index (χ2v) is 11.1. The molecule has 3 N–H and O–H groups in total. The SMILES string of the molecule is COc1cnc([C@@H]2CC3(CCC(c4ccccc4)(N(C)C)CC3)NN2)c(NC(=O)C(=O)CC2CCC2)n1. The van der Waals surface area contributed by atoms with Gasteiger partial charge in [-0.15, -0.1) is 0 Å². The second kappa shape index (κ2) is 10.5. The van der Waals surface area contributed by atoms with Gasteiger partial charge in [0.2, 0.25) is 11.7 Å². The van der Waals surface area contributed by atoms with E-state index >= 15 is 0 Å². The van der Waals surface area contributed by atoms with Crippen molar-refractivity contribution in [3.05, 3.63) is 47.8 Å². The Morgan fingerprint density at radius 3 is 2.49 bits per heavy atom. The van der Waals surface area contributed by atoms with Crippen LogP contribution in [-0.2, 0) is 15.1 Å². The minimum absolute atomic E-state index is 0.00608. The molecule has 9 nitrogen and oxygen atoms in total. The van der Waals surface area contributed by atoms with E-state index in [2.05, 4.69) is 75.5 Å². The molecule has 9 heteroatoms. The summed E-state index contributed by atoms with van der Waals surface area (Å²) in [5.41, 5.74) is 8.89. The van der Waals surface area contributed by atoms with Crippen LogP contribution in [0.2, 0.25) is 0 Å². The van der Waals surface area contributed by atoms with E-state index < -0.39 is 11.7 Å². The summed E-state index contributed by atoms with van der Waals surface area (Å²) in [6, 6.07) is 10.6. The molecule has 198 valence electrons. The molecule has 0 unspecified atom stereocenters. The fourth-order valence-corrected chi connectivity index (χ4v) is 6.17. The number of hydrazine groups is 1. The van der Waals surface area contributed by atoms with Crippen molar-refractivity contribution < 1.29 is 14.3 Å². The van der Waals surface area contributed by atoms with E-state index in [1.807, 2.05) is 0 Å². The highest BCUT2D eigenvalue weighted by atomic mass is 16.5. The lowest BCUT2D eigenvalue weighted by Gasteiger charge is -2.49. The van der Waals surface area contributed by atoms with Gasteiger partial charge in [0.15, 0.2) is 5.82 Å². The van der Waals surface area contributed by atoms with Gasteiger partial charge in [-0.05, 0) is 70.5 Å². The molecule has 1 atom stereocenters. The molecule has 1 amide bonds. The molecule has 37 heavy (non-hydrogen) atoms. The Kier molecular flexibility index (Phi) is 7.29. The van der Waals surface area contributed by atoms with Gasteiger partial charge in [-0.1, -0.05) is 36.8 Å². The van der Waals surface area contributed by atoms with Gasteiger partial charge < -0.3 is 10.1 Å². The van der Waals surface area contributed by atoms with Crippen LogP contribution in [0.4, 0.5) is 5.82 Å². The van der Waals surface area contributed by atoms with Crippen LogP contribution in [0.3, 0.4) is 0 Å². The first kappa shape index (κ1) is 25.8. The molecule has 1 aromatic carbocycles. The first-order chi connectivity index (χ1) is 17.8. The molecule has 1 saturated heterocycles. The van der Waals surface area contributed by atoms with Crippen LogP contribution in [0.1, 0.15) is 75.1 Å². The maximum absolute atomic E-state index is 12.7. The minimum Gasteiger partial charge on any atom is -0.480 e. The number of carbonyl (C=O) groups excluding carboxylic acids is 2. The van der Waals surface area contributed by atoms with Gasteiger partial charge in [0.05, 0.1) is 19.3 Å². The summed E-state index contributed by atoms with van der Waals surface area (Å²) in [6.07, 6.45) is 9.87. The van der Waals surface area contributed by atoms with Crippen molar-refractivity contribution in [2.75, 3.05) is 26.5 Å². The molecule has 3 fully saturated rings. The first-order valence-electron chi connectivity index (χ1n) is 13.3. The van der Waals surface area contributed by atoms with Crippen molar-refractivity contribution in [2.45, 2.75) is 74.9 Å². The standard InChI is InChI=1S/C28H38N6O3/c1-34(2)28(20-10-5-4-6-11-20)14-12-27(13-15-28)17-21(32-33-27)24-25(30-23(37-3)18-29-24)31-26(36)22(35)16-19-8-7-9-19/h4-6,10-11,18-19,21,32-33H,7-9,12-17H2,1-3H3,(H,30,31,36)/t21-,27?,28?/m0/s1. The highest BCUT2D eigenvalue weighted by Gasteiger charge is 2.49. The number of nitrogens with zero attached hydrogens (tertiary/aromatic N) is 3. The zero-order valence-electron chi connectivity index (χ0n) is 22.0. The van der Waals surface area contributed by atoms with E-state index in [-0.39, 0.29) is 22.9 Å². The Morgan fingerprint density at radius 1 is 1.14 bits per heavy atom. The van der Waals surface area contributed by atoms with Crippen LogP contribution in [0, 0.1) is 5.92 Å². The monoisotopic (exact) mass is 506 g/mol. The van der Waals surface area contributed by atoms with E-state index in [1.54, 1.807) is 6.20 Å². The van der Waals surface area contributed by atoms with Gasteiger partial charge in [-0.25, -0.2) is 5.43 Å². The third-order valence-corrected chi connectivity index (χ3v) is 8.81. The summed E-state index contributed by atoms with van der Waals surface area (Å²) < 4.78 is 5.25. The molecule has 1 aliphatic heterocycles. The van der Waals surface area contributed by atoms with E-state index in [4.69, 9.17) is 4.74 Å². The number of anilines is 1. The Hall–Kier alpha value is -2.88. The number of aromatic nitrogens is 2. The van der Waals surface area contributed by atoms with Gasteiger partial charge in [0.1, 0.15) is 5.69 Å². The average molecular weight is 507 g/mol. The molecule has 2 saturated carbocycles. The Morgan fingerprint density at radius 2 is 1.86 bits per heavy atom. The molecule has 3 aliphatic rings. The number of methoxy groups -OCH3 is 1. The predicted octanol–water partition coefficient (Wildman–Crippen LogP) is 3.49. The third kappa shape index (κ3) is 5.12. The Bertz CT molecular complexity index is 1130. The summed E-state index contributed by atoms with van der Waals surface area (Å²) in [7, 11) is 5.84. The zero-order valence-corrected chi connectivity index (χ0v) is 22.0. The van der Waals surface area contributed by atoms with E-state index in [1.165, 1.54) is 12.7 Å². The van der Waals surface area contributed by atoms with Gasteiger partial charge >= 0.3 is 0 Å². The van der Waals surface area contributed by atoms with Gasteiger partial charge in [-0.3, -0.25) is 24.9 Å². The fraction of sp³-hybridized carbons (Fsp3) is 0.571. The van der Waals surface area contributed by atoms with Crippen LogP contribution >= 0.6 is 0 Å². The smallest absolute Gasteiger partial charge is 0.292 e. The summed E-state index contributed by atoms with van der Waals surface area (Å²) in [6.45, 7) is 0. The van der Waals surface area contributed by atoms with Crippen molar-refractivity contribution in [1.29, 1.82) is 0 Å². The van der Waals surface area contributed by atoms with Crippen molar-refractivity contribution in [2.24, 2.45) is 5.92 Å². The largest absolute Gasteiger partial charge is 0.480 e. The predicted molar refractivity (Wildman–Crippen MR) is 141 cm³/mol. The van der Waals surface area contributed by atoms with Crippen molar-refractivity contribution in [3.63, 3.8) is 0 Å². The molecule has 1 spiro atoms. The molecule has 2 aliphatic carbocycles. The number of amides is 1. The van der Waals surface area contributed by atoms with Crippen LogP contribution < -0.4 is 20.9 Å². The van der Waals surface area contributed by atoms with Crippen LogP contribution in [0.15, 0.2) is 36.5 Å². The lowest BCUT2D eigenvalue weighted by Crippen LogP contribution is -2.53.